The monoisotopic (exact) mass is 415 g/mol. The van der Waals surface area contributed by atoms with Gasteiger partial charge in [-0.15, -0.1) is 0 Å². The fourth-order valence-electron chi connectivity index (χ4n) is 3.53. The van der Waals surface area contributed by atoms with Crippen LogP contribution in [-0.2, 0) is 11.0 Å². The molecular weight excluding hydrogens is 395 g/mol. The van der Waals surface area contributed by atoms with Gasteiger partial charge in [0.2, 0.25) is 5.91 Å². The van der Waals surface area contributed by atoms with Gasteiger partial charge in [-0.25, -0.2) is 4.85 Å². The molecule has 0 aliphatic heterocycles. The summed E-state index contributed by atoms with van der Waals surface area (Å²) in [7, 11) is 0. The SMILES string of the molecule is [C-]#[N+]c1ccc2c(cc(C)n2[C@H](C)COc2ccc(NC(C)=O)cc2)c1C(F)(F)F. The van der Waals surface area contributed by atoms with E-state index in [1.807, 2.05) is 6.92 Å². The van der Waals surface area contributed by atoms with Crippen molar-refractivity contribution in [3.05, 3.63) is 65.1 Å². The number of rotatable bonds is 5. The predicted molar refractivity (Wildman–Crippen MR) is 109 cm³/mol. The zero-order valence-electron chi connectivity index (χ0n) is 16.7. The van der Waals surface area contributed by atoms with Gasteiger partial charge in [-0.2, -0.15) is 13.2 Å². The van der Waals surface area contributed by atoms with Crippen molar-refractivity contribution in [1.82, 2.24) is 4.57 Å². The summed E-state index contributed by atoms with van der Waals surface area (Å²) >= 11 is 0. The van der Waals surface area contributed by atoms with E-state index >= 15 is 0 Å². The first-order valence-electron chi connectivity index (χ1n) is 9.21. The summed E-state index contributed by atoms with van der Waals surface area (Å²) in [6.07, 6.45) is -4.62. The second-order valence-electron chi connectivity index (χ2n) is 7.02. The van der Waals surface area contributed by atoms with Crippen LogP contribution in [0, 0.1) is 13.5 Å². The van der Waals surface area contributed by atoms with Gasteiger partial charge >= 0.3 is 6.18 Å². The van der Waals surface area contributed by atoms with Crippen LogP contribution in [0.3, 0.4) is 0 Å². The van der Waals surface area contributed by atoms with Crippen LogP contribution in [0.4, 0.5) is 24.5 Å². The number of anilines is 1. The third kappa shape index (κ3) is 4.25. The van der Waals surface area contributed by atoms with Crippen molar-refractivity contribution in [3.63, 3.8) is 0 Å². The highest BCUT2D eigenvalue weighted by molar-refractivity contribution is 5.90. The molecule has 0 bridgehead atoms. The average molecular weight is 415 g/mol. The Morgan fingerprint density at radius 1 is 1.23 bits per heavy atom. The van der Waals surface area contributed by atoms with Crippen molar-refractivity contribution >= 4 is 28.2 Å². The smallest absolute Gasteiger partial charge is 0.408 e. The highest BCUT2D eigenvalue weighted by Gasteiger charge is 2.36. The molecular formula is C22H20F3N3O2. The first-order valence-corrected chi connectivity index (χ1v) is 9.21. The number of nitrogens with zero attached hydrogens (tertiary/aromatic N) is 2. The molecule has 0 spiro atoms. The Morgan fingerprint density at radius 3 is 2.47 bits per heavy atom. The molecule has 2 aromatic carbocycles. The highest BCUT2D eigenvalue weighted by atomic mass is 19.4. The molecule has 0 unspecified atom stereocenters. The molecule has 1 amide bonds. The number of alkyl halides is 3. The van der Waals surface area contributed by atoms with Gasteiger partial charge in [0.15, 0.2) is 5.69 Å². The molecule has 0 fully saturated rings. The summed E-state index contributed by atoms with van der Waals surface area (Å²) < 4.78 is 48.3. The predicted octanol–water partition coefficient (Wildman–Crippen LogP) is 6.12. The van der Waals surface area contributed by atoms with Gasteiger partial charge in [0.05, 0.1) is 18.2 Å². The molecule has 0 aliphatic carbocycles. The van der Waals surface area contributed by atoms with Crippen LogP contribution in [0.2, 0.25) is 0 Å². The number of carbonyl (C=O) groups is 1. The first-order chi connectivity index (χ1) is 14.1. The second kappa shape index (κ2) is 8.11. The fraction of sp³-hybridized carbons (Fsp3) is 0.273. The van der Waals surface area contributed by atoms with Gasteiger partial charge in [0.25, 0.3) is 0 Å². The topological polar surface area (TPSA) is 47.6 Å². The minimum atomic E-state index is -4.62. The molecule has 30 heavy (non-hydrogen) atoms. The van der Waals surface area contributed by atoms with Crippen LogP contribution < -0.4 is 10.1 Å². The Morgan fingerprint density at radius 2 is 1.90 bits per heavy atom. The van der Waals surface area contributed by atoms with Crippen molar-refractivity contribution in [2.24, 2.45) is 0 Å². The summed E-state index contributed by atoms with van der Waals surface area (Å²) in [4.78, 5) is 14.1. The third-order valence-electron chi connectivity index (χ3n) is 4.70. The van der Waals surface area contributed by atoms with Gasteiger partial charge in [0, 0.05) is 29.2 Å². The molecule has 3 aromatic rings. The molecule has 1 aromatic heterocycles. The maximum absolute atomic E-state index is 13.6. The number of benzene rings is 2. The first kappa shape index (κ1) is 21.2. The van der Waals surface area contributed by atoms with Crippen LogP contribution in [-0.4, -0.2) is 17.1 Å². The standard InChI is InChI=1S/C22H20F3N3O2/c1-13-11-18-20(10-9-19(26-4)21(18)22(23,24)25)28(13)14(2)12-30-17-7-5-16(6-8-17)27-15(3)29/h5-11,14H,12H2,1-3H3,(H,27,29)/t14-/m1/s1. The zero-order valence-corrected chi connectivity index (χ0v) is 16.7. The highest BCUT2D eigenvalue weighted by Crippen LogP contribution is 2.42. The Labute approximate surface area is 171 Å². The van der Waals surface area contributed by atoms with Crippen LogP contribution in [0.15, 0.2) is 42.5 Å². The fourth-order valence-corrected chi connectivity index (χ4v) is 3.53. The Kier molecular flexibility index (Phi) is 5.74. The molecule has 1 heterocycles. The van der Waals surface area contributed by atoms with E-state index in [1.165, 1.54) is 19.1 Å². The molecule has 1 N–H and O–H groups in total. The molecule has 0 saturated heterocycles. The van der Waals surface area contributed by atoms with Gasteiger partial charge < -0.3 is 14.6 Å². The van der Waals surface area contributed by atoms with Gasteiger partial charge in [-0.05, 0) is 50.2 Å². The molecule has 156 valence electrons. The number of nitrogens with one attached hydrogen (secondary N) is 1. The van der Waals surface area contributed by atoms with Crippen molar-refractivity contribution in [3.8, 4) is 5.75 Å². The molecule has 0 saturated carbocycles. The maximum Gasteiger partial charge on any atom is 0.408 e. The lowest BCUT2D eigenvalue weighted by Crippen LogP contribution is -2.15. The lowest BCUT2D eigenvalue weighted by molar-refractivity contribution is -0.135. The van der Waals surface area contributed by atoms with E-state index in [1.54, 1.807) is 41.8 Å². The van der Waals surface area contributed by atoms with Crippen LogP contribution >= 0.6 is 0 Å². The number of fused-ring (bicyclic) bond motifs is 1. The lowest BCUT2D eigenvalue weighted by Gasteiger charge is -2.19. The number of hydrogen-bond acceptors (Lipinski definition) is 2. The largest absolute Gasteiger partial charge is 0.491 e. The molecule has 0 radical (unpaired) electrons. The molecule has 5 nitrogen and oxygen atoms in total. The minimum absolute atomic E-state index is 0.0139. The summed E-state index contributed by atoms with van der Waals surface area (Å²) in [5.41, 5.74) is 0.387. The molecule has 0 aliphatic rings. The second-order valence-corrected chi connectivity index (χ2v) is 7.02. The van der Waals surface area contributed by atoms with Crippen molar-refractivity contribution < 1.29 is 22.7 Å². The summed E-state index contributed by atoms with van der Waals surface area (Å²) in [6, 6.07) is 10.8. The van der Waals surface area contributed by atoms with E-state index < -0.39 is 17.4 Å². The number of aromatic nitrogens is 1. The van der Waals surface area contributed by atoms with Crippen molar-refractivity contribution in [2.75, 3.05) is 11.9 Å². The van der Waals surface area contributed by atoms with Crippen LogP contribution in [0.25, 0.3) is 15.7 Å². The number of ether oxygens (including phenoxy) is 1. The maximum atomic E-state index is 13.6. The quantitative estimate of drug-likeness (QED) is 0.511. The summed E-state index contributed by atoms with van der Waals surface area (Å²) in [5, 5.41) is 2.68. The Balaban J connectivity index is 1.87. The minimum Gasteiger partial charge on any atom is -0.491 e. The van der Waals surface area contributed by atoms with E-state index in [-0.39, 0.29) is 23.9 Å². The zero-order chi connectivity index (χ0) is 22.1. The number of hydrogen-bond donors (Lipinski definition) is 1. The summed E-state index contributed by atoms with van der Waals surface area (Å²) in [6.45, 7) is 12.3. The van der Waals surface area contributed by atoms with E-state index in [2.05, 4.69) is 10.2 Å². The number of amides is 1. The number of carbonyl (C=O) groups excluding carboxylic acids is 1. The molecule has 8 heteroatoms. The van der Waals surface area contributed by atoms with Gasteiger partial charge in [0.1, 0.15) is 12.4 Å². The van der Waals surface area contributed by atoms with Crippen molar-refractivity contribution in [2.45, 2.75) is 33.0 Å². The molecule has 3 rings (SSSR count). The summed E-state index contributed by atoms with van der Waals surface area (Å²) in [5.74, 6) is 0.406. The van der Waals surface area contributed by atoms with E-state index in [9.17, 15) is 18.0 Å². The lowest BCUT2D eigenvalue weighted by atomic mass is 10.1. The third-order valence-corrected chi connectivity index (χ3v) is 4.70. The Bertz CT molecular complexity index is 1130. The molecule has 1 atom stereocenters. The van der Waals surface area contributed by atoms with E-state index in [4.69, 9.17) is 11.3 Å². The van der Waals surface area contributed by atoms with E-state index in [0.717, 1.165) is 0 Å². The normalized spacial score (nSPS) is 12.4. The van der Waals surface area contributed by atoms with Gasteiger partial charge in [-0.1, -0.05) is 6.07 Å². The number of aryl methyl sites for hydroxylation is 1. The van der Waals surface area contributed by atoms with Crippen LogP contribution in [0.5, 0.6) is 5.75 Å². The Hall–Kier alpha value is -3.47. The van der Waals surface area contributed by atoms with Crippen molar-refractivity contribution in [1.29, 1.82) is 0 Å². The van der Waals surface area contributed by atoms with E-state index in [0.29, 0.717) is 22.6 Å². The number of halogens is 3. The van der Waals surface area contributed by atoms with Gasteiger partial charge in [-0.3, -0.25) is 4.79 Å². The van der Waals surface area contributed by atoms with Crippen LogP contribution in [0.1, 0.15) is 31.1 Å². The average Bonchev–Trinajstić information content (AvgIpc) is 3.00.